The summed E-state index contributed by atoms with van der Waals surface area (Å²) in [5.41, 5.74) is 1.25. The van der Waals surface area contributed by atoms with Crippen molar-refractivity contribution in [2.24, 2.45) is 0 Å². The molecule has 0 saturated carbocycles. The Kier molecular flexibility index (Phi) is 6.23. The first kappa shape index (κ1) is 20.9. The van der Waals surface area contributed by atoms with Gasteiger partial charge >= 0.3 is 0 Å². The highest BCUT2D eigenvalue weighted by molar-refractivity contribution is 5.89. The van der Waals surface area contributed by atoms with Crippen molar-refractivity contribution in [2.75, 3.05) is 13.1 Å². The standard InChI is InChI=1S/C24H23F2N3O2/c25-20-8-7-19(21(26)12-20)14-28-23(30)13-22-24(31)27-9-10-29(22)15-16-5-6-17-3-1-2-4-18(17)11-16/h1-8,11-12,22H,9-10,13-15H2,(H,27,31)(H,28,30). The fourth-order valence-electron chi connectivity index (χ4n) is 3.85. The van der Waals surface area contributed by atoms with Gasteiger partial charge in [0, 0.05) is 37.8 Å². The molecule has 1 atom stereocenters. The average molecular weight is 423 g/mol. The average Bonchev–Trinajstić information content (AvgIpc) is 2.75. The van der Waals surface area contributed by atoms with Crippen LogP contribution in [0, 0.1) is 11.6 Å². The fourth-order valence-corrected chi connectivity index (χ4v) is 3.85. The largest absolute Gasteiger partial charge is 0.353 e. The van der Waals surface area contributed by atoms with E-state index in [1.807, 2.05) is 41.3 Å². The van der Waals surface area contributed by atoms with Crippen molar-refractivity contribution >= 4 is 22.6 Å². The van der Waals surface area contributed by atoms with Crippen LogP contribution in [0.25, 0.3) is 10.8 Å². The fraction of sp³-hybridized carbons (Fsp3) is 0.250. The molecule has 1 unspecified atom stereocenters. The highest BCUT2D eigenvalue weighted by Gasteiger charge is 2.31. The van der Waals surface area contributed by atoms with Gasteiger partial charge in [-0.25, -0.2) is 8.78 Å². The van der Waals surface area contributed by atoms with Crippen LogP contribution >= 0.6 is 0 Å². The Bertz CT molecular complexity index is 1120. The van der Waals surface area contributed by atoms with Crippen molar-refractivity contribution in [1.29, 1.82) is 0 Å². The van der Waals surface area contributed by atoms with Crippen molar-refractivity contribution < 1.29 is 18.4 Å². The Balaban J connectivity index is 1.41. The lowest BCUT2D eigenvalue weighted by molar-refractivity contribution is -0.134. The SMILES string of the molecule is O=C(CC1C(=O)NCCN1Cc1ccc2ccccc2c1)NCc1ccc(F)cc1F. The molecule has 31 heavy (non-hydrogen) atoms. The third-order valence-electron chi connectivity index (χ3n) is 5.51. The number of hydrogen-bond donors (Lipinski definition) is 2. The van der Waals surface area contributed by atoms with Gasteiger partial charge in [-0.2, -0.15) is 0 Å². The van der Waals surface area contributed by atoms with Crippen molar-refractivity contribution in [1.82, 2.24) is 15.5 Å². The molecular formula is C24H23F2N3O2. The summed E-state index contributed by atoms with van der Waals surface area (Å²) in [4.78, 5) is 26.9. The van der Waals surface area contributed by atoms with Gasteiger partial charge in [0.25, 0.3) is 0 Å². The second kappa shape index (κ2) is 9.22. The summed E-state index contributed by atoms with van der Waals surface area (Å²) in [6.07, 6.45) is -0.0395. The number of piperazine rings is 1. The normalized spacial score (nSPS) is 16.8. The van der Waals surface area contributed by atoms with Crippen LogP contribution in [-0.2, 0) is 22.7 Å². The summed E-state index contributed by atoms with van der Waals surface area (Å²) < 4.78 is 26.8. The molecule has 0 radical (unpaired) electrons. The lowest BCUT2D eigenvalue weighted by Gasteiger charge is -2.34. The number of carbonyl (C=O) groups excluding carboxylic acids is 2. The molecule has 1 aliphatic heterocycles. The van der Waals surface area contributed by atoms with Crippen LogP contribution in [0.5, 0.6) is 0 Å². The summed E-state index contributed by atoms with van der Waals surface area (Å²) in [5, 5.41) is 7.70. The molecule has 4 rings (SSSR count). The molecule has 7 heteroatoms. The van der Waals surface area contributed by atoms with E-state index in [4.69, 9.17) is 0 Å². The molecule has 2 amide bonds. The van der Waals surface area contributed by atoms with Gasteiger partial charge in [-0.1, -0.05) is 42.5 Å². The monoisotopic (exact) mass is 423 g/mol. The van der Waals surface area contributed by atoms with Gasteiger partial charge in [0.1, 0.15) is 11.6 Å². The van der Waals surface area contributed by atoms with Gasteiger partial charge in [-0.05, 0) is 28.5 Å². The van der Waals surface area contributed by atoms with Gasteiger partial charge < -0.3 is 10.6 Å². The number of halogens is 2. The first-order valence-electron chi connectivity index (χ1n) is 10.2. The predicted molar refractivity (Wildman–Crippen MR) is 114 cm³/mol. The van der Waals surface area contributed by atoms with E-state index in [1.54, 1.807) is 0 Å². The van der Waals surface area contributed by atoms with Crippen LogP contribution < -0.4 is 10.6 Å². The molecule has 5 nitrogen and oxygen atoms in total. The lowest BCUT2D eigenvalue weighted by atomic mass is 10.0. The van der Waals surface area contributed by atoms with Crippen LogP contribution in [0.4, 0.5) is 8.78 Å². The number of fused-ring (bicyclic) bond motifs is 1. The third kappa shape index (κ3) is 5.06. The van der Waals surface area contributed by atoms with Crippen LogP contribution in [-0.4, -0.2) is 35.8 Å². The zero-order valence-corrected chi connectivity index (χ0v) is 16.9. The predicted octanol–water partition coefficient (Wildman–Crippen LogP) is 3.12. The second-order valence-corrected chi connectivity index (χ2v) is 7.68. The van der Waals surface area contributed by atoms with Crippen LogP contribution in [0.2, 0.25) is 0 Å². The van der Waals surface area contributed by atoms with E-state index < -0.39 is 17.7 Å². The third-order valence-corrected chi connectivity index (χ3v) is 5.51. The number of nitrogens with zero attached hydrogens (tertiary/aromatic N) is 1. The molecule has 0 aromatic heterocycles. The molecule has 0 aliphatic carbocycles. The number of benzene rings is 3. The molecule has 1 aliphatic rings. The minimum Gasteiger partial charge on any atom is -0.353 e. The van der Waals surface area contributed by atoms with Crippen LogP contribution in [0.1, 0.15) is 17.5 Å². The highest BCUT2D eigenvalue weighted by Crippen LogP contribution is 2.19. The smallest absolute Gasteiger partial charge is 0.237 e. The maximum atomic E-state index is 13.8. The summed E-state index contributed by atoms with van der Waals surface area (Å²) in [6.45, 7) is 1.63. The van der Waals surface area contributed by atoms with E-state index in [0.29, 0.717) is 19.6 Å². The number of nitrogens with one attached hydrogen (secondary N) is 2. The summed E-state index contributed by atoms with van der Waals surface area (Å²) >= 11 is 0. The second-order valence-electron chi connectivity index (χ2n) is 7.68. The molecule has 0 spiro atoms. The molecule has 2 N–H and O–H groups in total. The van der Waals surface area contributed by atoms with Crippen molar-refractivity contribution in [3.63, 3.8) is 0 Å². The molecule has 3 aromatic carbocycles. The van der Waals surface area contributed by atoms with Gasteiger partial charge in [0.05, 0.1) is 12.5 Å². The van der Waals surface area contributed by atoms with Gasteiger partial charge in [0.15, 0.2) is 0 Å². The Morgan fingerprint density at radius 2 is 1.87 bits per heavy atom. The quantitative estimate of drug-likeness (QED) is 0.641. The molecule has 1 saturated heterocycles. The van der Waals surface area contributed by atoms with Crippen molar-refractivity contribution in [2.45, 2.75) is 25.6 Å². The maximum absolute atomic E-state index is 13.8. The zero-order valence-electron chi connectivity index (χ0n) is 16.9. The Morgan fingerprint density at radius 1 is 1.06 bits per heavy atom. The van der Waals surface area contributed by atoms with Crippen molar-refractivity contribution in [3.8, 4) is 0 Å². The first-order chi connectivity index (χ1) is 15.0. The molecule has 3 aromatic rings. The minimum absolute atomic E-state index is 0.0395. The number of carbonyl (C=O) groups is 2. The van der Waals surface area contributed by atoms with E-state index >= 15 is 0 Å². The first-order valence-corrected chi connectivity index (χ1v) is 10.2. The van der Waals surface area contributed by atoms with Gasteiger partial charge in [-0.15, -0.1) is 0 Å². The molecule has 1 fully saturated rings. The number of amides is 2. The number of hydrogen-bond acceptors (Lipinski definition) is 3. The minimum atomic E-state index is -0.714. The van der Waals surface area contributed by atoms with E-state index in [9.17, 15) is 18.4 Å². The maximum Gasteiger partial charge on any atom is 0.237 e. The summed E-state index contributed by atoms with van der Waals surface area (Å²) in [5.74, 6) is -1.95. The molecule has 160 valence electrons. The summed E-state index contributed by atoms with van der Waals surface area (Å²) in [7, 11) is 0. The van der Waals surface area contributed by atoms with E-state index in [2.05, 4.69) is 16.7 Å². The van der Waals surface area contributed by atoms with Crippen LogP contribution in [0.3, 0.4) is 0 Å². The summed E-state index contributed by atoms with van der Waals surface area (Å²) in [6, 6.07) is 16.8. The zero-order chi connectivity index (χ0) is 21.8. The Hall–Kier alpha value is -3.32. The van der Waals surface area contributed by atoms with Crippen molar-refractivity contribution in [3.05, 3.63) is 83.4 Å². The Labute approximate surface area is 179 Å². The highest BCUT2D eigenvalue weighted by atomic mass is 19.1. The number of rotatable bonds is 6. The topological polar surface area (TPSA) is 61.4 Å². The Morgan fingerprint density at radius 3 is 2.68 bits per heavy atom. The lowest BCUT2D eigenvalue weighted by Crippen LogP contribution is -2.56. The molecule has 0 bridgehead atoms. The van der Waals surface area contributed by atoms with Gasteiger partial charge in [-0.3, -0.25) is 14.5 Å². The van der Waals surface area contributed by atoms with E-state index in [1.165, 1.54) is 6.07 Å². The molecule has 1 heterocycles. The van der Waals surface area contributed by atoms with E-state index in [0.717, 1.165) is 28.5 Å². The van der Waals surface area contributed by atoms with Gasteiger partial charge in [0.2, 0.25) is 11.8 Å². The van der Waals surface area contributed by atoms with E-state index in [-0.39, 0.29) is 30.3 Å². The van der Waals surface area contributed by atoms with Crippen LogP contribution in [0.15, 0.2) is 60.7 Å². The molecular weight excluding hydrogens is 400 g/mol.